The Labute approximate surface area is 209 Å². The van der Waals surface area contributed by atoms with Gasteiger partial charge in [-0.15, -0.1) is 0 Å². The summed E-state index contributed by atoms with van der Waals surface area (Å²) in [6.07, 6.45) is 2.97. The first-order chi connectivity index (χ1) is 16.6. The van der Waals surface area contributed by atoms with Crippen LogP contribution in [0.5, 0.6) is 6.01 Å². The van der Waals surface area contributed by atoms with Crippen LogP contribution >= 0.6 is 11.6 Å². The van der Waals surface area contributed by atoms with Crippen molar-refractivity contribution in [3.05, 3.63) is 17.4 Å². The minimum Gasteiger partial charge on any atom is -0.461 e. The van der Waals surface area contributed by atoms with Crippen molar-refractivity contribution in [2.24, 2.45) is 0 Å². The van der Waals surface area contributed by atoms with E-state index in [1.54, 1.807) is 17.2 Å². The van der Waals surface area contributed by atoms with E-state index >= 15 is 0 Å². The van der Waals surface area contributed by atoms with Gasteiger partial charge in [-0.05, 0) is 40.2 Å². The molecule has 5 heterocycles. The van der Waals surface area contributed by atoms with Gasteiger partial charge in [-0.2, -0.15) is 9.97 Å². The van der Waals surface area contributed by atoms with Crippen molar-refractivity contribution in [3.63, 3.8) is 0 Å². The molecule has 0 unspecified atom stereocenters. The van der Waals surface area contributed by atoms with Gasteiger partial charge in [0.15, 0.2) is 0 Å². The molecule has 0 spiro atoms. The highest BCUT2D eigenvalue weighted by atomic mass is 35.5. The van der Waals surface area contributed by atoms with Crippen LogP contribution in [0.1, 0.15) is 40.0 Å². The molecule has 2 aromatic heterocycles. The molecular weight excluding hydrogens is 475 g/mol. The number of ether oxygens (including phenoxy) is 2. The summed E-state index contributed by atoms with van der Waals surface area (Å²) in [5, 5.41) is 1.09. The molecule has 3 aliphatic heterocycles. The largest absolute Gasteiger partial charge is 0.461 e. The Balaban J connectivity index is 1.35. The molecule has 0 N–H and O–H groups in total. The standard InChI is InChI=1S/C24H32ClFN6O3/c1-23(2,3)35-22(33)31-9-7-30(8-10-31)20-17-13-27-19(25)11-18(17)28-21(29-20)34-15-24-5-4-6-32(24)14-16(26)12-24/h11,13,16H,4-10,12,14-15H2,1-3H3/t16-,24+/m1/s1. The number of fused-ring (bicyclic) bond motifs is 2. The highest BCUT2D eigenvalue weighted by Crippen LogP contribution is 2.40. The van der Waals surface area contributed by atoms with Crippen LogP contribution in [0.2, 0.25) is 5.15 Å². The van der Waals surface area contributed by atoms with Gasteiger partial charge in [0.2, 0.25) is 0 Å². The van der Waals surface area contributed by atoms with Gasteiger partial charge in [-0.25, -0.2) is 14.2 Å². The maximum Gasteiger partial charge on any atom is 0.410 e. The van der Waals surface area contributed by atoms with Gasteiger partial charge in [-0.1, -0.05) is 11.6 Å². The zero-order chi connectivity index (χ0) is 24.8. The number of pyridine rings is 1. The molecule has 3 saturated heterocycles. The maximum absolute atomic E-state index is 14.2. The fourth-order valence-electron chi connectivity index (χ4n) is 5.34. The number of alkyl halides is 1. The molecule has 2 atom stereocenters. The van der Waals surface area contributed by atoms with Gasteiger partial charge >= 0.3 is 12.1 Å². The summed E-state index contributed by atoms with van der Waals surface area (Å²) >= 11 is 6.15. The van der Waals surface area contributed by atoms with Crippen LogP contribution in [-0.4, -0.2) is 94.0 Å². The molecule has 5 rings (SSSR count). The first-order valence-electron chi connectivity index (χ1n) is 12.2. The van der Waals surface area contributed by atoms with Gasteiger partial charge in [0, 0.05) is 51.4 Å². The molecule has 190 valence electrons. The summed E-state index contributed by atoms with van der Waals surface area (Å²) in [4.78, 5) is 32.0. The number of carbonyl (C=O) groups is 1. The van der Waals surface area contributed by atoms with Crippen LogP contribution in [0.25, 0.3) is 10.9 Å². The van der Waals surface area contributed by atoms with Gasteiger partial charge in [0.1, 0.15) is 29.4 Å². The van der Waals surface area contributed by atoms with E-state index in [4.69, 9.17) is 26.1 Å². The molecule has 3 fully saturated rings. The molecule has 0 aliphatic carbocycles. The van der Waals surface area contributed by atoms with Crippen molar-refractivity contribution in [2.45, 2.75) is 57.3 Å². The Morgan fingerprint density at radius 2 is 2.00 bits per heavy atom. The van der Waals surface area contributed by atoms with E-state index in [-0.39, 0.29) is 17.6 Å². The predicted octanol–water partition coefficient (Wildman–Crippen LogP) is 3.69. The first-order valence-corrected chi connectivity index (χ1v) is 12.6. The van der Waals surface area contributed by atoms with E-state index in [0.717, 1.165) is 24.8 Å². The lowest BCUT2D eigenvalue weighted by atomic mass is 9.95. The number of piperazine rings is 1. The Bertz CT molecular complexity index is 1110. The summed E-state index contributed by atoms with van der Waals surface area (Å²) in [5.74, 6) is 0.688. The van der Waals surface area contributed by atoms with Crippen LogP contribution in [0, 0.1) is 0 Å². The van der Waals surface area contributed by atoms with E-state index < -0.39 is 11.8 Å². The Morgan fingerprint density at radius 3 is 2.74 bits per heavy atom. The molecule has 35 heavy (non-hydrogen) atoms. The summed E-state index contributed by atoms with van der Waals surface area (Å²) in [5.41, 5.74) is -0.188. The Morgan fingerprint density at radius 1 is 1.23 bits per heavy atom. The molecule has 0 aromatic carbocycles. The van der Waals surface area contributed by atoms with Crippen LogP contribution < -0.4 is 9.64 Å². The fraction of sp³-hybridized carbons (Fsp3) is 0.667. The third-order valence-corrected chi connectivity index (χ3v) is 7.18. The number of aromatic nitrogens is 3. The highest BCUT2D eigenvalue weighted by molar-refractivity contribution is 6.30. The summed E-state index contributed by atoms with van der Waals surface area (Å²) in [6, 6.07) is 1.94. The van der Waals surface area contributed by atoms with E-state index in [2.05, 4.69) is 19.8 Å². The lowest BCUT2D eigenvalue weighted by Gasteiger charge is -2.36. The third-order valence-electron chi connectivity index (χ3n) is 6.97. The summed E-state index contributed by atoms with van der Waals surface area (Å²) < 4.78 is 25.8. The molecule has 0 radical (unpaired) electrons. The topological polar surface area (TPSA) is 83.9 Å². The van der Waals surface area contributed by atoms with E-state index in [1.165, 1.54) is 0 Å². The van der Waals surface area contributed by atoms with Crippen molar-refractivity contribution >= 4 is 34.4 Å². The van der Waals surface area contributed by atoms with Gasteiger partial charge in [-0.3, -0.25) is 4.90 Å². The molecule has 11 heteroatoms. The predicted molar refractivity (Wildman–Crippen MR) is 131 cm³/mol. The molecule has 0 bridgehead atoms. The second kappa shape index (κ2) is 9.20. The quantitative estimate of drug-likeness (QED) is 0.580. The van der Waals surface area contributed by atoms with E-state index in [0.29, 0.717) is 62.2 Å². The third kappa shape index (κ3) is 5.09. The van der Waals surface area contributed by atoms with Crippen molar-refractivity contribution < 1.29 is 18.7 Å². The lowest BCUT2D eigenvalue weighted by Crippen LogP contribution is -2.50. The number of carbonyl (C=O) groups excluding carboxylic acids is 1. The van der Waals surface area contributed by atoms with Crippen LogP contribution in [0.3, 0.4) is 0 Å². The molecule has 0 saturated carbocycles. The van der Waals surface area contributed by atoms with Crippen LogP contribution in [0.15, 0.2) is 12.3 Å². The second-order valence-electron chi connectivity index (χ2n) is 10.7. The monoisotopic (exact) mass is 506 g/mol. The van der Waals surface area contributed by atoms with Gasteiger partial charge in [0.05, 0.1) is 16.4 Å². The molecule has 2 aromatic rings. The summed E-state index contributed by atoms with van der Waals surface area (Å²) in [7, 11) is 0. The summed E-state index contributed by atoms with van der Waals surface area (Å²) in [6.45, 7) is 9.47. The SMILES string of the molecule is CC(C)(C)OC(=O)N1CCN(c2nc(OC[C@@]34CCCN3C[C@H](F)C4)nc3cc(Cl)ncc23)CC1. The smallest absolute Gasteiger partial charge is 0.410 e. The zero-order valence-corrected chi connectivity index (χ0v) is 21.2. The first kappa shape index (κ1) is 24.2. The van der Waals surface area contributed by atoms with Crippen molar-refractivity contribution in [1.82, 2.24) is 24.8 Å². The maximum atomic E-state index is 14.2. The number of rotatable bonds is 4. The minimum absolute atomic E-state index is 0.243. The number of nitrogens with zero attached hydrogens (tertiary/aromatic N) is 6. The Kier molecular flexibility index (Phi) is 6.37. The van der Waals surface area contributed by atoms with Crippen molar-refractivity contribution in [3.8, 4) is 6.01 Å². The average Bonchev–Trinajstić information content (AvgIpc) is 3.31. The van der Waals surface area contributed by atoms with Crippen LogP contribution in [-0.2, 0) is 4.74 Å². The number of hydrogen-bond donors (Lipinski definition) is 0. The normalized spacial score (nSPS) is 25.2. The number of anilines is 1. The van der Waals surface area contributed by atoms with Gasteiger partial charge in [0.25, 0.3) is 0 Å². The van der Waals surface area contributed by atoms with E-state index in [1.807, 2.05) is 20.8 Å². The average molecular weight is 507 g/mol. The highest BCUT2D eigenvalue weighted by Gasteiger charge is 2.49. The zero-order valence-electron chi connectivity index (χ0n) is 20.5. The molecule has 1 amide bonds. The number of halogens is 2. The number of hydrogen-bond acceptors (Lipinski definition) is 8. The minimum atomic E-state index is -0.821. The van der Waals surface area contributed by atoms with Crippen molar-refractivity contribution in [1.29, 1.82) is 0 Å². The van der Waals surface area contributed by atoms with E-state index in [9.17, 15) is 9.18 Å². The molecule has 3 aliphatic rings. The number of amides is 1. The molecular formula is C24H32ClFN6O3. The van der Waals surface area contributed by atoms with Crippen LogP contribution in [0.4, 0.5) is 15.0 Å². The lowest BCUT2D eigenvalue weighted by molar-refractivity contribution is 0.0240. The fourth-order valence-corrected chi connectivity index (χ4v) is 5.50. The Hall–Kier alpha value is -2.46. The van der Waals surface area contributed by atoms with Gasteiger partial charge < -0.3 is 19.3 Å². The molecule has 9 nitrogen and oxygen atoms in total. The van der Waals surface area contributed by atoms with Crippen molar-refractivity contribution in [2.75, 3.05) is 50.8 Å². The second-order valence-corrected chi connectivity index (χ2v) is 11.1.